The standard InChI is InChI=1S/C44H33NS.C3H8/c1-29-19-21-32(22-20-29)41-27-33(30-23-25-34(26-24-30)46(2)3)28-42(45-41)44-39-16-8-6-14-37(39)43(38-15-7-9-17-40(38)44)36-18-10-12-31-11-4-5-13-35(31)36;1-3-2/h4-28H,2H2,1,3H3;3H2,1-2H3/t46-;/m0./s1. The van der Waals surface area contributed by atoms with Crippen LogP contribution in [0.3, 0.4) is 0 Å². The molecular formula is C47H41NS. The molecule has 8 aromatic rings. The van der Waals surface area contributed by atoms with Crippen molar-refractivity contribution in [2.75, 3.05) is 6.26 Å². The molecule has 7 aromatic carbocycles. The Balaban J connectivity index is 0.00000122. The van der Waals surface area contributed by atoms with Crippen LogP contribution in [0.2, 0.25) is 0 Å². The van der Waals surface area contributed by atoms with E-state index in [0.717, 1.165) is 28.1 Å². The van der Waals surface area contributed by atoms with Gasteiger partial charge in [-0.15, -0.1) is 0 Å². The van der Waals surface area contributed by atoms with Gasteiger partial charge in [0.05, 0.1) is 11.4 Å². The predicted molar refractivity (Wildman–Crippen MR) is 218 cm³/mol. The molecule has 2 heteroatoms. The van der Waals surface area contributed by atoms with Crippen molar-refractivity contribution < 1.29 is 0 Å². The minimum atomic E-state index is -0.0352. The first kappa shape index (κ1) is 32.2. The molecule has 0 aliphatic heterocycles. The molecule has 0 fully saturated rings. The van der Waals surface area contributed by atoms with Gasteiger partial charge < -0.3 is 0 Å². The van der Waals surface area contributed by atoms with Crippen LogP contribution in [0.15, 0.2) is 157 Å². The first-order chi connectivity index (χ1) is 24.0. The van der Waals surface area contributed by atoms with Gasteiger partial charge in [-0.05, 0) is 92.0 Å². The lowest BCUT2D eigenvalue weighted by molar-refractivity contribution is 1.09. The third-order valence-electron chi connectivity index (χ3n) is 9.01. The van der Waals surface area contributed by atoms with Crippen molar-refractivity contribution in [3.05, 3.63) is 157 Å². The molecule has 0 aliphatic carbocycles. The zero-order chi connectivity index (χ0) is 33.9. The zero-order valence-electron chi connectivity index (χ0n) is 28.7. The molecule has 0 aliphatic rings. The Kier molecular flexibility index (Phi) is 9.24. The number of rotatable bonds is 5. The highest BCUT2D eigenvalue weighted by molar-refractivity contribution is 8.13. The van der Waals surface area contributed by atoms with Crippen molar-refractivity contribution >= 4 is 48.7 Å². The lowest BCUT2D eigenvalue weighted by Gasteiger charge is -2.19. The second kappa shape index (κ2) is 14.0. The summed E-state index contributed by atoms with van der Waals surface area (Å²) in [6.45, 7) is 6.38. The number of fused-ring (bicyclic) bond motifs is 3. The van der Waals surface area contributed by atoms with E-state index in [1.807, 2.05) is 0 Å². The maximum Gasteiger partial charge on any atom is 0.0728 e. The van der Waals surface area contributed by atoms with Crippen molar-refractivity contribution in [3.63, 3.8) is 0 Å². The van der Waals surface area contributed by atoms with E-state index in [-0.39, 0.29) is 10.5 Å². The summed E-state index contributed by atoms with van der Waals surface area (Å²) in [5.74, 6) is 4.25. The molecule has 8 rings (SSSR count). The third kappa shape index (κ3) is 6.33. The van der Waals surface area contributed by atoms with Crippen LogP contribution in [0, 0.1) is 6.92 Å². The zero-order valence-corrected chi connectivity index (χ0v) is 29.5. The molecule has 1 aromatic heterocycles. The van der Waals surface area contributed by atoms with E-state index in [1.165, 1.54) is 65.9 Å². The molecule has 1 nitrogen and oxygen atoms in total. The number of aromatic nitrogens is 1. The normalized spacial score (nSPS) is 11.8. The number of pyridine rings is 1. The molecule has 0 spiro atoms. The molecule has 0 saturated carbocycles. The molecule has 1 heterocycles. The van der Waals surface area contributed by atoms with E-state index in [1.54, 1.807) is 0 Å². The summed E-state index contributed by atoms with van der Waals surface area (Å²) in [7, 11) is -0.0352. The largest absolute Gasteiger partial charge is 0.248 e. The van der Waals surface area contributed by atoms with Crippen LogP contribution in [-0.2, 0) is 0 Å². The van der Waals surface area contributed by atoms with E-state index in [9.17, 15) is 0 Å². The minimum Gasteiger partial charge on any atom is -0.248 e. The van der Waals surface area contributed by atoms with Crippen molar-refractivity contribution in [3.8, 4) is 44.8 Å². The van der Waals surface area contributed by atoms with E-state index >= 15 is 0 Å². The average Bonchev–Trinajstić information content (AvgIpc) is 3.14. The van der Waals surface area contributed by atoms with Crippen LogP contribution in [-0.4, -0.2) is 17.1 Å². The fourth-order valence-electron chi connectivity index (χ4n) is 6.72. The van der Waals surface area contributed by atoms with E-state index in [4.69, 9.17) is 4.98 Å². The van der Waals surface area contributed by atoms with E-state index in [2.05, 4.69) is 185 Å². The Morgan fingerprint density at radius 2 is 1.00 bits per heavy atom. The van der Waals surface area contributed by atoms with Crippen molar-refractivity contribution in [1.82, 2.24) is 4.98 Å². The SMILES string of the molecule is C=[S@@](C)c1ccc(-c2cc(-c3ccc(C)cc3)nc(-c3c4ccccc4c(-c4cccc5ccccc45)c4ccccc34)c2)cc1.CCC. The Bertz CT molecular complexity index is 2390. The predicted octanol–water partition coefficient (Wildman–Crippen LogP) is 13.6. The number of nitrogens with zero attached hydrogens (tertiary/aromatic N) is 1. The van der Waals surface area contributed by atoms with Gasteiger partial charge in [0.25, 0.3) is 0 Å². The Labute approximate surface area is 292 Å². The number of hydrogen-bond acceptors (Lipinski definition) is 1. The first-order valence-electron chi connectivity index (χ1n) is 17.0. The monoisotopic (exact) mass is 651 g/mol. The number of benzene rings is 7. The Morgan fingerprint density at radius 1 is 0.510 bits per heavy atom. The quantitative estimate of drug-likeness (QED) is 0.133. The van der Waals surface area contributed by atoms with Crippen LogP contribution in [0.5, 0.6) is 0 Å². The van der Waals surface area contributed by atoms with Crippen molar-refractivity contribution in [2.24, 2.45) is 0 Å². The summed E-state index contributed by atoms with van der Waals surface area (Å²) in [6.07, 6.45) is 3.41. The highest BCUT2D eigenvalue weighted by Crippen LogP contribution is 2.45. The summed E-state index contributed by atoms with van der Waals surface area (Å²) >= 11 is 0. The smallest absolute Gasteiger partial charge is 0.0728 e. The van der Waals surface area contributed by atoms with E-state index < -0.39 is 0 Å². The fraction of sp³-hybridized carbons (Fsp3) is 0.106. The fourth-order valence-corrected chi connectivity index (χ4v) is 7.32. The van der Waals surface area contributed by atoms with Gasteiger partial charge >= 0.3 is 0 Å². The molecule has 0 saturated heterocycles. The van der Waals surface area contributed by atoms with Crippen LogP contribution in [0.1, 0.15) is 25.8 Å². The average molecular weight is 652 g/mol. The summed E-state index contributed by atoms with van der Waals surface area (Å²) in [5.41, 5.74) is 10.3. The number of hydrogen-bond donors (Lipinski definition) is 0. The summed E-state index contributed by atoms with van der Waals surface area (Å²) < 4.78 is 0. The topological polar surface area (TPSA) is 12.9 Å². The lowest BCUT2D eigenvalue weighted by atomic mass is 9.85. The highest BCUT2D eigenvalue weighted by atomic mass is 32.2. The molecule has 1 atom stereocenters. The second-order valence-corrected chi connectivity index (χ2v) is 14.5. The minimum absolute atomic E-state index is 0.0352. The van der Waals surface area contributed by atoms with Gasteiger partial charge in [0, 0.05) is 16.0 Å². The summed E-state index contributed by atoms with van der Waals surface area (Å²) in [6, 6.07) is 55.1. The molecule has 0 unspecified atom stereocenters. The van der Waals surface area contributed by atoms with Crippen molar-refractivity contribution in [1.29, 1.82) is 0 Å². The van der Waals surface area contributed by atoms with Gasteiger partial charge in [-0.1, -0.05) is 159 Å². The van der Waals surface area contributed by atoms with Gasteiger partial charge in [0.1, 0.15) is 0 Å². The summed E-state index contributed by atoms with van der Waals surface area (Å²) in [4.78, 5) is 6.68. The Hall–Kier alpha value is -5.31. The molecule has 49 heavy (non-hydrogen) atoms. The van der Waals surface area contributed by atoms with Gasteiger partial charge in [0.2, 0.25) is 0 Å². The highest BCUT2D eigenvalue weighted by Gasteiger charge is 2.20. The van der Waals surface area contributed by atoms with E-state index in [0.29, 0.717) is 0 Å². The van der Waals surface area contributed by atoms with Crippen LogP contribution < -0.4 is 0 Å². The van der Waals surface area contributed by atoms with Gasteiger partial charge in [-0.2, -0.15) is 10.5 Å². The van der Waals surface area contributed by atoms with Crippen LogP contribution in [0.25, 0.3) is 77.1 Å². The third-order valence-corrected chi connectivity index (χ3v) is 10.1. The Morgan fingerprint density at radius 3 is 1.59 bits per heavy atom. The number of aryl methyl sites for hydroxylation is 1. The molecule has 0 amide bonds. The second-order valence-electron chi connectivity index (χ2n) is 12.7. The molecule has 0 N–H and O–H groups in total. The summed E-state index contributed by atoms with van der Waals surface area (Å²) in [5, 5.41) is 7.36. The van der Waals surface area contributed by atoms with Crippen molar-refractivity contribution in [2.45, 2.75) is 32.1 Å². The maximum atomic E-state index is 5.42. The van der Waals surface area contributed by atoms with Crippen LogP contribution in [0.4, 0.5) is 0 Å². The van der Waals surface area contributed by atoms with Gasteiger partial charge in [-0.3, -0.25) is 0 Å². The van der Waals surface area contributed by atoms with Gasteiger partial charge in [-0.25, -0.2) is 4.98 Å². The molecule has 0 radical (unpaired) electrons. The van der Waals surface area contributed by atoms with Gasteiger partial charge in [0.15, 0.2) is 0 Å². The molecule has 0 bridgehead atoms. The molecular weight excluding hydrogens is 611 g/mol. The maximum absolute atomic E-state index is 5.42. The first-order valence-corrected chi connectivity index (χ1v) is 18.8. The van der Waals surface area contributed by atoms with Crippen LogP contribution >= 0.6 is 10.5 Å². The lowest BCUT2D eigenvalue weighted by Crippen LogP contribution is -1.95. The molecule has 240 valence electrons.